The molecule has 0 spiro atoms. The van der Waals surface area contributed by atoms with Crippen molar-refractivity contribution >= 4 is 27.6 Å². The van der Waals surface area contributed by atoms with Gasteiger partial charge in [-0.3, -0.25) is 4.79 Å². The lowest BCUT2D eigenvalue weighted by Crippen LogP contribution is -2.40. The zero-order valence-corrected chi connectivity index (χ0v) is 12.8. The van der Waals surface area contributed by atoms with E-state index in [0.29, 0.717) is 0 Å². The second kappa shape index (κ2) is 6.39. The molecule has 0 aliphatic heterocycles. The Morgan fingerprint density at radius 1 is 1.40 bits per heavy atom. The van der Waals surface area contributed by atoms with Crippen LogP contribution in [0.25, 0.3) is 0 Å². The number of hydrogen-bond acceptors (Lipinski definition) is 3. The van der Waals surface area contributed by atoms with Crippen molar-refractivity contribution in [3.63, 3.8) is 0 Å². The van der Waals surface area contributed by atoms with Gasteiger partial charge in [0.1, 0.15) is 6.04 Å². The Balaban J connectivity index is 3.06. The lowest BCUT2D eigenvalue weighted by molar-refractivity contribution is -0.138. The fourth-order valence-electron chi connectivity index (χ4n) is 1.54. The second-order valence-corrected chi connectivity index (χ2v) is 6.73. The Kier molecular flexibility index (Phi) is 5.33. The van der Waals surface area contributed by atoms with Crippen molar-refractivity contribution < 1.29 is 18.3 Å². The predicted molar refractivity (Wildman–Crippen MR) is 77.3 cm³/mol. The van der Waals surface area contributed by atoms with Crippen LogP contribution in [0.3, 0.4) is 0 Å². The molecule has 2 N–H and O–H groups in total. The summed E-state index contributed by atoms with van der Waals surface area (Å²) in [5.41, 5.74) is 1.76. The highest BCUT2D eigenvalue weighted by molar-refractivity contribution is 7.89. The van der Waals surface area contributed by atoms with Gasteiger partial charge in [0.25, 0.3) is 0 Å². The number of aryl methyl sites for hydroxylation is 2. The van der Waals surface area contributed by atoms with Crippen LogP contribution in [-0.4, -0.2) is 25.5 Å². The van der Waals surface area contributed by atoms with Crippen LogP contribution in [0.2, 0.25) is 0 Å². The normalized spacial score (nSPS) is 12.9. The largest absolute Gasteiger partial charge is 0.480 e. The van der Waals surface area contributed by atoms with E-state index in [4.69, 9.17) is 16.7 Å². The van der Waals surface area contributed by atoms with Gasteiger partial charge in [-0.25, -0.2) is 8.42 Å². The molecule has 20 heavy (non-hydrogen) atoms. The van der Waals surface area contributed by atoms with Crippen molar-refractivity contribution in [2.24, 2.45) is 0 Å². The van der Waals surface area contributed by atoms with Gasteiger partial charge in [0.15, 0.2) is 0 Å². The van der Waals surface area contributed by atoms with Crippen LogP contribution >= 0.6 is 11.6 Å². The Labute approximate surface area is 123 Å². The van der Waals surface area contributed by atoms with E-state index in [1.807, 2.05) is 6.92 Å². The SMILES string of the molecule is C=C(Cl)CC(NS(=O)(=O)c1ccc(C)c(C)c1)C(=O)O. The number of benzene rings is 1. The monoisotopic (exact) mass is 317 g/mol. The third kappa shape index (κ3) is 4.33. The number of halogens is 1. The van der Waals surface area contributed by atoms with Crippen LogP contribution in [0.15, 0.2) is 34.7 Å². The molecule has 0 bridgehead atoms. The first-order chi connectivity index (χ1) is 9.13. The summed E-state index contributed by atoms with van der Waals surface area (Å²) < 4.78 is 26.4. The smallest absolute Gasteiger partial charge is 0.322 e. The van der Waals surface area contributed by atoms with Crippen molar-refractivity contribution in [1.82, 2.24) is 4.72 Å². The second-order valence-electron chi connectivity index (χ2n) is 4.48. The lowest BCUT2D eigenvalue weighted by atomic mass is 10.1. The van der Waals surface area contributed by atoms with Gasteiger partial charge >= 0.3 is 5.97 Å². The number of hydrogen-bond donors (Lipinski definition) is 2. The molecule has 1 atom stereocenters. The van der Waals surface area contributed by atoms with E-state index in [-0.39, 0.29) is 16.3 Å². The third-order valence-electron chi connectivity index (χ3n) is 2.81. The van der Waals surface area contributed by atoms with Gasteiger partial charge in [-0.05, 0) is 37.1 Å². The molecule has 0 saturated heterocycles. The summed E-state index contributed by atoms with van der Waals surface area (Å²) >= 11 is 5.54. The van der Waals surface area contributed by atoms with Crippen molar-refractivity contribution in [3.8, 4) is 0 Å². The lowest BCUT2D eigenvalue weighted by Gasteiger charge is -2.14. The summed E-state index contributed by atoms with van der Waals surface area (Å²) in [6.45, 7) is 7.01. The molecule has 0 aromatic heterocycles. The predicted octanol–water partition coefficient (Wildman–Crippen LogP) is 2.18. The van der Waals surface area contributed by atoms with Crippen LogP contribution in [0.4, 0.5) is 0 Å². The summed E-state index contributed by atoms with van der Waals surface area (Å²) in [4.78, 5) is 11.1. The first kappa shape index (κ1) is 16.7. The highest BCUT2D eigenvalue weighted by Crippen LogP contribution is 2.16. The molecule has 0 heterocycles. The fourth-order valence-corrected chi connectivity index (χ4v) is 2.97. The minimum Gasteiger partial charge on any atom is -0.480 e. The van der Waals surface area contributed by atoms with Crippen LogP contribution in [-0.2, 0) is 14.8 Å². The molecule has 1 aromatic rings. The van der Waals surface area contributed by atoms with E-state index in [2.05, 4.69) is 11.3 Å². The summed E-state index contributed by atoms with van der Waals surface area (Å²) in [7, 11) is -3.92. The minimum absolute atomic E-state index is 0.0204. The quantitative estimate of drug-likeness (QED) is 0.842. The van der Waals surface area contributed by atoms with E-state index >= 15 is 0 Å². The van der Waals surface area contributed by atoms with Gasteiger partial charge < -0.3 is 5.11 Å². The molecule has 1 aromatic carbocycles. The number of sulfonamides is 1. The Morgan fingerprint density at radius 3 is 2.45 bits per heavy atom. The maximum atomic E-state index is 12.1. The Hall–Kier alpha value is -1.37. The molecule has 0 fully saturated rings. The standard InChI is InChI=1S/C13H16ClNO4S/c1-8-4-5-11(6-9(8)2)20(18,19)15-12(13(16)17)7-10(3)14/h4-6,12,15H,3,7H2,1-2H3,(H,16,17). The number of rotatable bonds is 6. The molecule has 1 rings (SSSR count). The first-order valence-corrected chi connectivity index (χ1v) is 7.65. The third-order valence-corrected chi connectivity index (χ3v) is 4.43. The maximum Gasteiger partial charge on any atom is 0.322 e. The molecule has 110 valence electrons. The first-order valence-electron chi connectivity index (χ1n) is 5.79. The molecule has 0 aliphatic carbocycles. The molecule has 1 unspecified atom stereocenters. The summed E-state index contributed by atoms with van der Waals surface area (Å²) in [6.07, 6.45) is -0.180. The van der Waals surface area contributed by atoms with Crippen LogP contribution < -0.4 is 4.72 Å². The van der Waals surface area contributed by atoms with Crippen molar-refractivity contribution in [1.29, 1.82) is 0 Å². The molecule has 7 heteroatoms. The zero-order chi connectivity index (χ0) is 15.5. The number of nitrogens with one attached hydrogen (secondary N) is 1. The highest BCUT2D eigenvalue weighted by Gasteiger charge is 2.25. The van der Waals surface area contributed by atoms with E-state index in [1.165, 1.54) is 12.1 Å². The summed E-state index contributed by atoms with van der Waals surface area (Å²) in [5, 5.41) is 9.07. The van der Waals surface area contributed by atoms with Gasteiger partial charge in [-0.15, -0.1) is 0 Å². The van der Waals surface area contributed by atoms with Gasteiger partial charge in [-0.2, -0.15) is 4.72 Å². The topological polar surface area (TPSA) is 83.5 Å². The molecule has 0 radical (unpaired) electrons. The van der Waals surface area contributed by atoms with Crippen molar-refractivity contribution in [3.05, 3.63) is 40.9 Å². The number of carboxylic acids is 1. The van der Waals surface area contributed by atoms with Crippen LogP contribution in [0, 0.1) is 13.8 Å². The van der Waals surface area contributed by atoms with E-state index < -0.39 is 22.0 Å². The Morgan fingerprint density at radius 2 is 2.00 bits per heavy atom. The molecular weight excluding hydrogens is 302 g/mol. The molecule has 0 saturated carbocycles. The van der Waals surface area contributed by atoms with Crippen LogP contribution in [0.5, 0.6) is 0 Å². The van der Waals surface area contributed by atoms with Gasteiger partial charge in [0, 0.05) is 11.5 Å². The highest BCUT2D eigenvalue weighted by atomic mass is 35.5. The summed E-state index contributed by atoms with van der Waals surface area (Å²) in [5.74, 6) is -1.31. The Bertz CT molecular complexity index is 640. The van der Waals surface area contributed by atoms with Gasteiger partial charge in [0.2, 0.25) is 10.0 Å². The van der Waals surface area contributed by atoms with Gasteiger partial charge in [-0.1, -0.05) is 24.2 Å². The van der Waals surface area contributed by atoms with E-state index in [9.17, 15) is 13.2 Å². The van der Waals surface area contributed by atoms with Gasteiger partial charge in [0.05, 0.1) is 4.90 Å². The zero-order valence-electron chi connectivity index (χ0n) is 11.2. The van der Waals surface area contributed by atoms with E-state index in [0.717, 1.165) is 11.1 Å². The number of aliphatic carboxylic acids is 1. The number of carboxylic acid groups (broad SMARTS) is 1. The molecular formula is C13H16ClNO4S. The minimum atomic E-state index is -3.92. The van der Waals surface area contributed by atoms with Crippen molar-refractivity contribution in [2.45, 2.75) is 31.2 Å². The summed E-state index contributed by atoms with van der Waals surface area (Å²) in [6, 6.07) is 3.25. The molecule has 0 aliphatic rings. The van der Waals surface area contributed by atoms with E-state index in [1.54, 1.807) is 13.0 Å². The van der Waals surface area contributed by atoms with Crippen molar-refractivity contribution in [2.75, 3.05) is 0 Å². The fraction of sp³-hybridized carbons (Fsp3) is 0.308. The average molecular weight is 318 g/mol. The molecule has 5 nitrogen and oxygen atoms in total. The average Bonchev–Trinajstić information content (AvgIpc) is 2.30. The maximum absolute atomic E-state index is 12.1. The molecule has 0 amide bonds. The number of carbonyl (C=O) groups is 1. The van der Waals surface area contributed by atoms with Crippen LogP contribution in [0.1, 0.15) is 17.5 Å².